The molecule has 4 N–H and O–H groups in total. The average molecular weight is 192 g/mol. The van der Waals surface area contributed by atoms with E-state index in [0.717, 1.165) is 18.7 Å². The predicted octanol–water partition coefficient (Wildman–Crippen LogP) is 1.50. The van der Waals surface area contributed by atoms with Gasteiger partial charge in [-0.3, -0.25) is 5.41 Å². The molecule has 0 aliphatic carbocycles. The number of nitrogens with zero attached hydrogens (tertiary/aromatic N) is 1. The lowest BCUT2D eigenvalue weighted by atomic mass is 10.2. The maximum Gasteiger partial charge on any atom is 0.137 e. The molecule has 0 bridgehead atoms. The number of aryl methyl sites for hydroxylation is 1. The number of hydrogen-bond donors (Lipinski definition) is 3. The average Bonchev–Trinajstić information content (AvgIpc) is 2.14. The van der Waals surface area contributed by atoms with Crippen LogP contribution in [-0.2, 0) is 0 Å². The van der Waals surface area contributed by atoms with Crippen LogP contribution in [0.15, 0.2) is 12.1 Å². The first kappa shape index (κ1) is 10.5. The van der Waals surface area contributed by atoms with Gasteiger partial charge >= 0.3 is 0 Å². The molecule has 0 amide bonds. The molecule has 0 saturated heterocycles. The Hall–Kier alpha value is -1.58. The van der Waals surface area contributed by atoms with Crippen molar-refractivity contribution in [1.29, 1.82) is 5.41 Å². The molecule has 0 saturated carbocycles. The molecule has 4 heteroatoms. The maximum absolute atomic E-state index is 7.38. The third-order valence-electron chi connectivity index (χ3n) is 1.87. The normalized spacial score (nSPS) is 9.86. The van der Waals surface area contributed by atoms with Crippen LogP contribution in [0.2, 0.25) is 0 Å². The standard InChI is InChI=1S/C10H16N4/c1-3-6-13-10-8(9(11)12)5-4-7(2)14-10/h4-5H,3,6H2,1-2H3,(H3,11,12)(H,13,14). The van der Waals surface area contributed by atoms with Gasteiger partial charge in [0, 0.05) is 12.2 Å². The second-order valence-electron chi connectivity index (χ2n) is 3.19. The summed E-state index contributed by atoms with van der Waals surface area (Å²) in [6.45, 7) is 4.84. The lowest BCUT2D eigenvalue weighted by Gasteiger charge is -2.09. The molecule has 0 radical (unpaired) electrons. The molecule has 1 aromatic rings. The Morgan fingerprint density at radius 3 is 2.86 bits per heavy atom. The van der Waals surface area contributed by atoms with Crippen molar-refractivity contribution in [2.24, 2.45) is 5.73 Å². The molecule has 1 heterocycles. The number of aromatic nitrogens is 1. The molecule has 1 rings (SSSR count). The number of nitrogens with one attached hydrogen (secondary N) is 2. The van der Waals surface area contributed by atoms with Gasteiger partial charge in [-0.05, 0) is 25.5 Å². The van der Waals surface area contributed by atoms with Gasteiger partial charge < -0.3 is 11.1 Å². The van der Waals surface area contributed by atoms with Crippen molar-refractivity contribution in [3.8, 4) is 0 Å². The third-order valence-corrected chi connectivity index (χ3v) is 1.87. The fraction of sp³-hybridized carbons (Fsp3) is 0.400. The molecule has 14 heavy (non-hydrogen) atoms. The van der Waals surface area contributed by atoms with Gasteiger partial charge in [0.1, 0.15) is 11.7 Å². The molecule has 0 aromatic carbocycles. The van der Waals surface area contributed by atoms with Gasteiger partial charge in [0.25, 0.3) is 0 Å². The van der Waals surface area contributed by atoms with Crippen molar-refractivity contribution >= 4 is 11.7 Å². The highest BCUT2D eigenvalue weighted by Crippen LogP contribution is 2.12. The monoisotopic (exact) mass is 192 g/mol. The minimum atomic E-state index is 0.0519. The van der Waals surface area contributed by atoms with Crippen molar-refractivity contribution in [2.45, 2.75) is 20.3 Å². The summed E-state index contributed by atoms with van der Waals surface area (Å²) in [6.07, 6.45) is 1.02. The lowest BCUT2D eigenvalue weighted by molar-refractivity contribution is 0.964. The van der Waals surface area contributed by atoms with E-state index in [2.05, 4.69) is 17.2 Å². The van der Waals surface area contributed by atoms with Crippen LogP contribution in [0.1, 0.15) is 24.6 Å². The number of nitrogens with two attached hydrogens (primary N) is 1. The zero-order chi connectivity index (χ0) is 10.6. The highest BCUT2D eigenvalue weighted by Gasteiger charge is 2.05. The summed E-state index contributed by atoms with van der Waals surface area (Å²) < 4.78 is 0. The van der Waals surface area contributed by atoms with Crippen molar-refractivity contribution in [2.75, 3.05) is 11.9 Å². The van der Waals surface area contributed by atoms with Gasteiger partial charge in [-0.25, -0.2) is 4.98 Å². The highest BCUT2D eigenvalue weighted by atomic mass is 15.0. The Kier molecular flexibility index (Phi) is 3.45. The summed E-state index contributed by atoms with van der Waals surface area (Å²) in [7, 11) is 0. The summed E-state index contributed by atoms with van der Waals surface area (Å²) in [5.74, 6) is 0.760. The molecule has 0 atom stereocenters. The Morgan fingerprint density at radius 2 is 2.29 bits per heavy atom. The van der Waals surface area contributed by atoms with Gasteiger partial charge in [-0.2, -0.15) is 0 Å². The molecular formula is C10H16N4. The Morgan fingerprint density at radius 1 is 1.57 bits per heavy atom. The van der Waals surface area contributed by atoms with Crippen molar-refractivity contribution in [3.63, 3.8) is 0 Å². The number of nitrogen functional groups attached to an aromatic ring is 1. The molecule has 0 fully saturated rings. The van der Waals surface area contributed by atoms with Crippen LogP contribution >= 0.6 is 0 Å². The predicted molar refractivity (Wildman–Crippen MR) is 58.8 cm³/mol. The summed E-state index contributed by atoms with van der Waals surface area (Å²) in [6, 6.07) is 3.68. The molecule has 0 aliphatic rings. The second kappa shape index (κ2) is 4.60. The Balaban J connectivity index is 2.97. The van der Waals surface area contributed by atoms with E-state index in [-0.39, 0.29) is 5.84 Å². The number of anilines is 1. The lowest BCUT2D eigenvalue weighted by Crippen LogP contribution is -2.16. The molecule has 76 valence electrons. The van der Waals surface area contributed by atoms with E-state index in [1.807, 2.05) is 19.1 Å². The fourth-order valence-corrected chi connectivity index (χ4v) is 1.15. The number of amidine groups is 1. The van der Waals surface area contributed by atoms with Crippen LogP contribution in [0, 0.1) is 12.3 Å². The Labute approximate surface area is 84.1 Å². The highest BCUT2D eigenvalue weighted by molar-refractivity contribution is 5.99. The first-order chi connectivity index (χ1) is 6.65. The van der Waals surface area contributed by atoms with E-state index in [0.29, 0.717) is 11.4 Å². The summed E-state index contributed by atoms with van der Waals surface area (Å²) in [5, 5.41) is 10.5. The first-order valence-corrected chi connectivity index (χ1v) is 4.71. The van der Waals surface area contributed by atoms with Gasteiger partial charge in [-0.1, -0.05) is 6.92 Å². The molecular weight excluding hydrogens is 176 g/mol. The topological polar surface area (TPSA) is 74.8 Å². The van der Waals surface area contributed by atoms with Gasteiger partial charge in [-0.15, -0.1) is 0 Å². The van der Waals surface area contributed by atoms with E-state index in [1.165, 1.54) is 0 Å². The van der Waals surface area contributed by atoms with E-state index >= 15 is 0 Å². The zero-order valence-corrected chi connectivity index (χ0v) is 8.59. The largest absolute Gasteiger partial charge is 0.384 e. The smallest absolute Gasteiger partial charge is 0.137 e. The minimum Gasteiger partial charge on any atom is -0.384 e. The quantitative estimate of drug-likeness (QED) is 0.500. The van der Waals surface area contributed by atoms with E-state index < -0.39 is 0 Å². The first-order valence-electron chi connectivity index (χ1n) is 4.71. The Bertz CT molecular complexity index is 333. The van der Waals surface area contributed by atoms with Crippen molar-refractivity contribution in [1.82, 2.24) is 4.98 Å². The summed E-state index contributed by atoms with van der Waals surface area (Å²) >= 11 is 0. The van der Waals surface area contributed by atoms with Crippen LogP contribution in [0.5, 0.6) is 0 Å². The van der Waals surface area contributed by atoms with Crippen LogP contribution in [0.25, 0.3) is 0 Å². The van der Waals surface area contributed by atoms with Crippen LogP contribution in [0.3, 0.4) is 0 Å². The third kappa shape index (κ3) is 2.45. The number of pyridine rings is 1. The van der Waals surface area contributed by atoms with Crippen LogP contribution < -0.4 is 11.1 Å². The van der Waals surface area contributed by atoms with E-state index in [9.17, 15) is 0 Å². The molecule has 0 aliphatic heterocycles. The molecule has 0 unspecified atom stereocenters. The molecule has 4 nitrogen and oxygen atoms in total. The van der Waals surface area contributed by atoms with Crippen LogP contribution in [-0.4, -0.2) is 17.4 Å². The van der Waals surface area contributed by atoms with Crippen molar-refractivity contribution < 1.29 is 0 Å². The number of hydrogen-bond acceptors (Lipinski definition) is 3. The van der Waals surface area contributed by atoms with Gasteiger partial charge in [0.05, 0.1) is 5.56 Å². The molecule has 0 spiro atoms. The number of rotatable bonds is 4. The zero-order valence-electron chi connectivity index (χ0n) is 8.59. The summed E-state index contributed by atoms with van der Waals surface area (Å²) in [4.78, 5) is 4.30. The van der Waals surface area contributed by atoms with E-state index in [1.54, 1.807) is 0 Å². The minimum absolute atomic E-state index is 0.0519. The van der Waals surface area contributed by atoms with E-state index in [4.69, 9.17) is 11.1 Å². The van der Waals surface area contributed by atoms with Crippen LogP contribution in [0.4, 0.5) is 5.82 Å². The molecule has 1 aromatic heterocycles. The maximum atomic E-state index is 7.38. The SMILES string of the molecule is CCCNc1nc(C)ccc1C(=N)N. The fourth-order valence-electron chi connectivity index (χ4n) is 1.15. The van der Waals surface area contributed by atoms with Gasteiger partial charge in [0.15, 0.2) is 0 Å². The van der Waals surface area contributed by atoms with Gasteiger partial charge in [0.2, 0.25) is 0 Å². The second-order valence-corrected chi connectivity index (χ2v) is 3.19. The van der Waals surface area contributed by atoms with Crippen molar-refractivity contribution in [3.05, 3.63) is 23.4 Å². The summed E-state index contributed by atoms with van der Waals surface area (Å²) in [5.41, 5.74) is 7.03.